The number of anilines is 1. The lowest BCUT2D eigenvalue weighted by Gasteiger charge is -2.02. The van der Waals surface area contributed by atoms with Crippen molar-refractivity contribution in [1.29, 1.82) is 5.26 Å². The van der Waals surface area contributed by atoms with Crippen LogP contribution in [0.4, 0.5) is 5.69 Å². The highest BCUT2D eigenvalue weighted by Gasteiger charge is 2.05. The Kier molecular flexibility index (Phi) is 3.06. The fourth-order valence-electron chi connectivity index (χ4n) is 1.39. The van der Waals surface area contributed by atoms with Crippen molar-refractivity contribution in [3.63, 3.8) is 0 Å². The van der Waals surface area contributed by atoms with Gasteiger partial charge in [0.2, 0.25) is 5.89 Å². The largest absolute Gasteiger partial charge is 0.444 e. The second kappa shape index (κ2) is 4.66. The van der Waals surface area contributed by atoms with Gasteiger partial charge in [-0.25, -0.2) is 9.97 Å². The maximum absolute atomic E-state index is 8.72. The minimum Gasteiger partial charge on any atom is -0.444 e. The lowest BCUT2D eigenvalue weighted by Crippen LogP contribution is -2.00. The Morgan fingerprint density at radius 3 is 2.94 bits per heavy atom. The lowest BCUT2D eigenvalue weighted by atomic mass is 10.3. The van der Waals surface area contributed by atoms with E-state index in [0.29, 0.717) is 18.1 Å². The Balaban J connectivity index is 2.05. The molecule has 86 valence electrons. The van der Waals surface area contributed by atoms with Crippen molar-refractivity contribution >= 4 is 5.69 Å². The van der Waals surface area contributed by atoms with E-state index in [4.69, 9.17) is 9.68 Å². The molecule has 17 heavy (non-hydrogen) atoms. The van der Waals surface area contributed by atoms with Crippen LogP contribution in [-0.2, 0) is 6.54 Å². The minimum absolute atomic E-state index is 0.384. The number of rotatable bonds is 3. The smallest absolute Gasteiger partial charge is 0.213 e. The van der Waals surface area contributed by atoms with Crippen molar-refractivity contribution in [2.24, 2.45) is 0 Å². The standard InChI is InChI=1S/C12H12N4O/c1-8-9(2)17-12(16-8)7-15-10-3-4-14-11(5-10)6-13/h3-5H,7H2,1-2H3,(H,14,15). The lowest BCUT2D eigenvalue weighted by molar-refractivity contribution is 0.478. The molecule has 0 atom stereocenters. The van der Waals surface area contributed by atoms with Gasteiger partial charge < -0.3 is 9.73 Å². The number of aryl methyl sites for hydroxylation is 2. The number of nitriles is 1. The molecule has 0 radical (unpaired) electrons. The Morgan fingerprint density at radius 1 is 1.47 bits per heavy atom. The zero-order valence-corrected chi connectivity index (χ0v) is 9.69. The van der Waals surface area contributed by atoms with Crippen LogP contribution < -0.4 is 5.32 Å². The van der Waals surface area contributed by atoms with Crippen LogP contribution in [-0.4, -0.2) is 9.97 Å². The summed E-state index contributed by atoms with van der Waals surface area (Å²) in [5.74, 6) is 1.46. The average Bonchev–Trinajstić information content (AvgIpc) is 2.67. The molecule has 0 saturated heterocycles. The topological polar surface area (TPSA) is 74.7 Å². The van der Waals surface area contributed by atoms with Gasteiger partial charge >= 0.3 is 0 Å². The quantitative estimate of drug-likeness (QED) is 0.871. The number of oxazole rings is 1. The van der Waals surface area contributed by atoms with Gasteiger partial charge in [-0.15, -0.1) is 0 Å². The van der Waals surface area contributed by atoms with E-state index in [1.165, 1.54) is 0 Å². The first-order chi connectivity index (χ1) is 8.19. The highest BCUT2D eigenvalue weighted by Crippen LogP contribution is 2.12. The molecule has 0 spiro atoms. The summed E-state index contributed by atoms with van der Waals surface area (Å²) in [5.41, 5.74) is 2.11. The third kappa shape index (κ3) is 2.61. The second-order valence-electron chi connectivity index (χ2n) is 3.64. The molecule has 5 heteroatoms. The van der Waals surface area contributed by atoms with Crippen LogP contribution >= 0.6 is 0 Å². The molecular formula is C12H12N4O. The Morgan fingerprint density at radius 2 is 2.29 bits per heavy atom. The van der Waals surface area contributed by atoms with Crippen LogP contribution in [0.25, 0.3) is 0 Å². The van der Waals surface area contributed by atoms with E-state index < -0.39 is 0 Å². The summed E-state index contributed by atoms with van der Waals surface area (Å²) in [4.78, 5) is 8.15. The number of nitrogens with zero attached hydrogens (tertiary/aromatic N) is 3. The highest BCUT2D eigenvalue weighted by atomic mass is 16.4. The van der Waals surface area contributed by atoms with E-state index in [9.17, 15) is 0 Å². The Bertz CT molecular complexity index is 549. The molecule has 0 amide bonds. The van der Waals surface area contributed by atoms with Gasteiger partial charge in [0, 0.05) is 11.9 Å². The highest BCUT2D eigenvalue weighted by molar-refractivity contribution is 5.45. The molecule has 2 aromatic heterocycles. The molecule has 0 aliphatic rings. The zero-order chi connectivity index (χ0) is 12.3. The third-order valence-electron chi connectivity index (χ3n) is 2.39. The van der Waals surface area contributed by atoms with Gasteiger partial charge in [0.25, 0.3) is 0 Å². The predicted molar refractivity (Wildman–Crippen MR) is 62.3 cm³/mol. The molecule has 1 N–H and O–H groups in total. The van der Waals surface area contributed by atoms with Gasteiger partial charge in [0.1, 0.15) is 17.5 Å². The van der Waals surface area contributed by atoms with Crippen LogP contribution in [0.5, 0.6) is 0 Å². The summed E-state index contributed by atoms with van der Waals surface area (Å²) in [6, 6.07) is 5.47. The third-order valence-corrected chi connectivity index (χ3v) is 2.39. The Labute approximate surface area is 99.1 Å². The van der Waals surface area contributed by atoms with Crippen molar-refractivity contribution in [3.8, 4) is 6.07 Å². The average molecular weight is 228 g/mol. The number of nitrogens with one attached hydrogen (secondary N) is 1. The van der Waals surface area contributed by atoms with Crippen molar-refractivity contribution in [3.05, 3.63) is 41.4 Å². The SMILES string of the molecule is Cc1nc(CNc2ccnc(C#N)c2)oc1C. The molecule has 2 rings (SSSR count). The van der Waals surface area contributed by atoms with E-state index in [0.717, 1.165) is 17.1 Å². The maximum Gasteiger partial charge on any atom is 0.213 e. The number of pyridine rings is 1. The Hall–Kier alpha value is -2.35. The molecule has 5 nitrogen and oxygen atoms in total. The van der Waals surface area contributed by atoms with Crippen molar-refractivity contribution in [1.82, 2.24) is 9.97 Å². The van der Waals surface area contributed by atoms with Crippen LogP contribution in [0.1, 0.15) is 23.0 Å². The summed E-state index contributed by atoms with van der Waals surface area (Å²) >= 11 is 0. The molecule has 0 fully saturated rings. The molecule has 0 aliphatic heterocycles. The van der Waals surface area contributed by atoms with Gasteiger partial charge in [0.05, 0.1) is 12.2 Å². The van der Waals surface area contributed by atoms with Gasteiger partial charge in [0.15, 0.2) is 0 Å². The summed E-state index contributed by atoms with van der Waals surface area (Å²) in [5, 5.41) is 11.8. The number of aromatic nitrogens is 2. The summed E-state index contributed by atoms with van der Waals surface area (Å²) in [6.07, 6.45) is 1.59. The van der Waals surface area contributed by atoms with Crippen LogP contribution in [0.2, 0.25) is 0 Å². The fourth-order valence-corrected chi connectivity index (χ4v) is 1.39. The van der Waals surface area contributed by atoms with Gasteiger partial charge in [-0.1, -0.05) is 0 Å². The summed E-state index contributed by atoms with van der Waals surface area (Å²) in [7, 11) is 0. The van der Waals surface area contributed by atoms with Crippen LogP contribution in [0, 0.1) is 25.2 Å². The summed E-state index contributed by atoms with van der Waals surface area (Å²) in [6.45, 7) is 4.28. The molecule has 2 aromatic rings. The fraction of sp³-hybridized carbons (Fsp3) is 0.250. The molecule has 0 saturated carbocycles. The van der Waals surface area contributed by atoms with Crippen molar-refractivity contribution < 1.29 is 4.42 Å². The van der Waals surface area contributed by atoms with Gasteiger partial charge in [-0.3, -0.25) is 0 Å². The van der Waals surface area contributed by atoms with Gasteiger partial charge in [-0.2, -0.15) is 5.26 Å². The van der Waals surface area contributed by atoms with Crippen LogP contribution in [0.15, 0.2) is 22.7 Å². The first kappa shape index (κ1) is 11.1. The molecular weight excluding hydrogens is 216 g/mol. The first-order valence-corrected chi connectivity index (χ1v) is 5.22. The van der Waals surface area contributed by atoms with E-state index in [-0.39, 0.29) is 0 Å². The van der Waals surface area contributed by atoms with E-state index in [2.05, 4.69) is 15.3 Å². The normalized spacial score (nSPS) is 9.94. The molecule has 0 aliphatic carbocycles. The van der Waals surface area contributed by atoms with Crippen molar-refractivity contribution in [2.45, 2.75) is 20.4 Å². The van der Waals surface area contributed by atoms with E-state index >= 15 is 0 Å². The molecule has 2 heterocycles. The van der Waals surface area contributed by atoms with Gasteiger partial charge in [-0.05, 0) is 26.0 Å². The maximum atomic E-state index is 8.72. The molecule has 0 bridgehead atoms. The summed E-state index contributed by atoms with van der Waals surface area (Å²) < 4.78 is 5.44. The second-order valence-corrected chi connectivity index (χ2v) is 3.64. The number of hydrogen-bond donors (Lipinski definition) is 1. The first-order valence-electron chi connectivity index (χ1n) is 5.22. The predicted octanol–water partition coefficient (Wildman–Crippen LogP) is 2.17. The molecule has 0 aromatic carbocycles. The van der Waals surface area contributed by atoms with Crippen LogP contribution in [0.3, 0.4) is 0 Å². The van der Waals surface area contributed by atoms with E-state index in [1.807, 2.05) is 19.9 Å². The van der Waals surface area contributed by atoms with E-state index in [1.54, 1.807) is 18.3 Å². The minimum atomic E-state index is 0.384. The monoisotopic (exact) mass is 228 g/mol. The molecule has 0 unspecified atom stereocenters. The zero-order valence-electron chi connectivity index (χ0n) is 9.69. The van der Waals surface area contributed by atoms with Crippen molar-refractivity contribution in [2.75, 3.05) is 5.32 Å². The number of hydrogen-bond acceptors (Lipinski definition) is 5.